The van der Waals surface area contributed by atoms with Crippen LogP contribution in [0.1, 0.15) is 20.0 Å². The van der Waals surface area contributed by atoms with Gasteiger partial charge in [-0.25, -0.2) is 8.42 Å². The second kappa shape index (κ2) is 7.45. The highest BCUT2D eigenvalue weighted by molar-refractivity contribution is 7.90. The molecule has 5 N–H and O–H groups in total. The number of carbonyl (C=O) groups excluding carboxylic acids is 2. The van der Waals surface area contributed by atoms with E-state index in [1.807, 2.05) is 0 Å². The number of nitrogens with one attached hydrogen (secondary N) is 1. The van der Waals surface area contributed by atoms with Crippen LogP contribution in [0.25, 0.3) is 10.4 Å². The van der Waals surface area contributed by atoms with Gasteiger partial charge in [0.05, 0.1) is 21.1 Å². The lowest BCUT2D eigenvalue weighted by Crippen LogP contribution is -2.13. The van der Waals surface area contributed by atoms with Crippen molar-refractivity contribution in [2.45, 2.75) is 4.90 Å². The Bertz CT molecular complexity index is 1170. The first-order chi connectivity index (χ1) is 13.1. The molecule has 2 aromatic carbocycles. The number of amides is 2. The maximum Gasteiger partial charge on any atom is 0.258 e. The molecule has 0 unspecified atom stereocenters. The summed E-state index contributed by atoms with van der Waals surface area (Å²) in [7, 11) is -3.33. The zero-order chi connectivity index (χ0) is 20.5. The number of hydrogen-bond acceptors (Lipinski definition) is 6. The van der Waals surface area contributed by atoms with Gasteiger partial charge in [0.25, 0.3) is 11.8 Å². The van der Waals surface area contributed by atoms with E-state index in [-0.39, 0.29) is 4.90 Å². The standard InChI is InChI=1S/C19H17N3O4S2/c1-28(25,26)13-5-2-11(3-6-13)19(24)22-15-10-12(4-7-14(15)20)16-8-9-17(27-16)18(21)23/h2-10H,20H2,1H3,(H2,21,23)(H,22,24). The van der Waals surface area contributed by atoms with Crippen LogP contribution in [-0.2, 0) is 9.84 Å². The van der Waals surface area contributed by atoms with E-state index in [0.717, 1.165) is 16.7 Å². The summed E-state index contributed by atoms with van der Waals surface area (Å²) >= 11 is 1.24. The van der Waals surface area contributed by atoms with Gasteiger partial charge in [0.2, 0.25) is 0 Å². The van der Waals surface area contributed by atoms with Gasteiger partial charge in [0, 0.05) is 16.7 Å². The Kier molecular flexibility index (Phi) is 5.21. The molecule has 7 nitrogen and oxygen atoms in total. The summed E-state index contributed by atoms with van der Waals surface area (Å²) in [6.45, 7) is 0. The van der Waals surface area contributed by atoms with E-state index in [1.54, 1.807) is 30.3 Å². The number of nitrogens with two attached hydrogens (primary N) is 2. The Labute approximate surface area is 165 Å². The third-order valence-electron chi connectivity index (χ3n) is 3.98. The Morgan fingerprint density at radius 1 is 1.00 bits per heavy atom. The number of carbonyl (C=O) groups is 2. The number of sulfone groups is 1. The summed E-state index contributed by atoms with van der Waals surface area (Å²) in [5.74, 6) is -0.925. The normalized spacial score (nSPS) is 11.2. The molecule has 0 saturated carbocycles. The summed E-state index contributed by atoms with van der Waals surface area (Å²) in [4.78, 5) is 25.1. The van der Waals surface area contributed by atoms with Crippen LogP contribution in [0.5, 0.6) is 0 Å². The Morgan fingerprint density at radius 2 is 1.68 bits per heavy atom. The number of rotatable bonds is 5. The van der Waals surface area contributed by atoms with E-state index < -0.39 is 21.7 Å². The van der Waals surface area contributed by atoms with Crippen LogP contribution >= 0.6 is 11.3 Å². The minimum absolute atomic E-state index is 0.133. The summed E-state index contributed by atoms with van der Waals surface area (Å²) in [5.41, 5.74) is 13.1. The number of anilines is 2. The number of primary amides is 1. The number of benzene rings is 2. The second-order valence-electron chi connectivity index (χ2n) is 6.08. The van der Waals surface area contributed by atoms with Crippen LogP contribution in [0.15, 0.2) is 59.5 Å². The lowest BCUT2D eigenvalue weighted by molar-refractivity contribution is 0.100. The topological polar surface area (TPSA) is 132 Å². The molecule has 9 heteroatoms. The minimum Gasteiger partial charge on any atom is -0.397 e. The van der Waals surface area contributed by atoms with Crippen molar-refractivity contribution in [2.24, 2.45) is 5.73 Å². The highest BCUT2D eigenvalue weighted by atomic mass is 32.2. The van der Waals surface area contributed by atoms with E-state index in [1.165, 1.54) is 35.6 Å². The van der Waals surface area contributed by atoms with Crippen LogP contribution in [-0.4, -0.2) is 26.5 Å². The Morgan fingerprint density at radius 3 is 2.25 bits per heavy atom. The third kappa shape index (κ3) is 4.21. The SMILES string of the molecule is CS(=O)(=O)c1ccc(C(=O)Nc2cc(-c3ccc(C(N)=O)s3)ccc2N)cc1. The van der Waals surface area contributed by atoms with Gasteiger partial charge in [-0.15, -0.1) is 11.3 Å². The molecule has 144 valence electrons. The Hall–Kier alpha value is -3.17. The van der Waals surface area contributed by atoms with Crippen LogP contribution in [0.3, 0.4) is 0 Å². The van der Waals surface area contributed by atoms with Gasteiger partial charge in [-0.1, -0.05) is 6.07 Å². The van der Waals surface area contributed by atoms with Gasteiger partial charge in [-0.2, -0.15) is 0 Å². The molecule has 0 fully saturated rings. The van der Waals surface area contributed by atoms with Crippen molar-refractivity contribution in [3.05, 3.63) is 65.0 Å². The minimum atomic E-state index is -3.33. The highest BCUT2D eigenvalue weighted by Gasteiger charge is 2.13. The Balaban J connectivity index is 1.85. The average Bonchev–Trinajstić information content (AvgIpc) is 3.13. The maximum absolute atomic E-state index is 12.5. The molecule has 3 aromatic rings. The van der Waals surface area contributed by atoms with E-state index >= 15 is 0 Å². The zero-order valence-corrected chi connectivity index (χ0v) is 16.4. The van der Waals surface area contributed by atoms with Gasteiger partial charge in [0.1, 0.15) is 0 Å². The molecule has 0 spiro atoms. The van der Waals surface area contributed by atoms with Gasteiger partial charge in [-0.3, -0.25) is 9.59 Å². The fourth-order valence-corrected chi connectivity index (χ4v) is 3.98. The number of nitrogen functional groups attached to an aromatic ring is 1. The molecule has 1 aromatic heterocycles. The van der Waals surface area contributed by atoms with Gasteiger partial charge >= 0.3 is 0 Å². The first-order valence-electron chi connectivity index (χ1n) is 8.06. The molecular formula is C19H17N3O4S2. The molecule has 0 aliphatic rings. The van der Waals surface area contributed by atoms with Crippen molar-refractivity contribution < 1.29 is 18.0 Å². The number of hydrogen-bond donors (Lipinski definition) is 3. The first-order valence-corrected chi connectivity index (χ1v) is 10.8. The third-order valence-corrected chi connectivity index (χ3v) is 6.26. The summed E-state index contributed by atoms with van der Waals surface area (Å²) in [6.07, 6.45) is 1.10. The van der Waals surface area contributed by atoms with E-state index in [0.29, 0.717) is 21.8 Å². The maximum atomic E-state index is 12.5. The van der Waals surface area contributed by atoms with Gasteiger partial charge in [-0.05, 0) is 54.1 Å². The summed E-state index contributed by atoms with van der Waals surface area (Å²) < 4.78 is 23.0. The van der Waals surface area contributed by atoms with Crippen molar-refractivity contribution in [1.82, 2.24) is 0 Å². The molecule has 0 saturated heterocycles. The lowest BCUT2D eigenvalue weighted by Gasteiger charge is -2.10. The molecule has 3 rings (SSSR count). The highest BCUT2D eigenvalue weighted by Crippen LogP contribution is 2.32. The van der Waals surface area contributed by atoms with Gasteiger partial charge < -0.3 is 16.8 Å². The second-order valence-corrected chi connectivity index (χ2v) is 9.18. The molecular weight excluding hydrogens is 398 g/mol. The molecule has 0 bridgehead atoms. The van der Waals surface area contributed by atoms with E-state index in [9.17, 15) is 18.0 Å². The number of thiophene rings is 1. The first kappa shape index (κ1) is 19.6. The quantitative estimate of drug-likeness (QED) is 0.551. The molecule has 0 atom stereocenters. The van der Waals surface area contributed by atoms with Crippen molar-refractivity contribution >= 4 is 44.4 Å². The zero-order valence-electron chi connectivity index (χ0n) is 14.8. The molecule has 0 aliphatic carbocycles. The van der Waals surface area contributed by atoms with Crippen LogP contribution in [0.2, 0.25) is 0 Å². The van der Waals surface area contributed by atoms with Crippen molar-refractivity contribution in [3.63, 3.8) is 0 Å². The van der Waals surface area contributed by atoms with Crippen molar-refractivity contribution in [3.8, 4) is 10.4 Å². The van der Waals surface area contributed by atoms with Crippen LogP contribution in [0.4, 0.5) is 11.4 Å². The monoisotopic (exact) mass is 415 g/mol. The predicted octanol–water partition coefficient (Wildman–Crippen LogP) is 2.75. The molecule has 1 heterocycles. The fraction of sp³-hybridized carbons (Fsp3) is 0.0526. The van der Waals surface area contributed by atoms with Crippen LogP contribution in [0, 0.1) is 0 Å². The van der Waals surface area contributed by atoms with Crippen LogP contribution < -0.4 is 16.8 Å². The molecule has 0 aliphatic heterocycles. The van der Waals surface area contributed by atoms with Crippen molar-refractivity contribution in [1.29, 1.82) is 0 Å². The fourth-order valence-electron chi connectivity index (χ4n) is 2.49. The van der Waals surface area contributed by atoms with E-state index in [4.69, 9.17) is 11.5 Å². The predicted molar refractivity (Wildman–Crippen MR) is 110 cm³/mol. The average molecular weight is 415 g/mol. The van der Waals surface area contributed by atoms with Crippen molar-refractivity contribution in [2.75, 3.05) is 17.3 Å². The lowest BCUT2D eigenvalue weighted by atomic mass is 10.1. The molecule has 0 radical (unpaired) electrons. The smallest absolute Gasteiger partial charge is 0.258 e. The van der Waals surface area contributed by atoms with E-state index in [2.05, 4.69) is 5.32 Å². The molecule has 2 amide bonds. The summed E-state index contributed by atoms with van der Waals surface area (Å²) in [6, 6.07) is 14.2. The molecule has 28 heavy (non-hydrogen) atoms. The summed E-state index contributed by atoms with van der Waals surface area (Å²) in [5, 5.41) is 2.72. The largest absolute Gasteiger partial charge is 0.397 e. The van der Waals surface area contributed by atoms with Gasteiger partial charge in [0.15, 0.2) is 9.84 Å².